The minimum absolute atomic E-state index is 0.212. The number of hydrogen-bond donors (Lipinski definition) is 1. The van der Waals surface area contributed by atoms with Gasteiger partial charge in [-0.1, -0.05) is 0 Å². The molecule has 0 aliphatic rings. The number of anilines is 1. The summed E-state index contributed by atoms with van der Waals surface area (Å²) >= 11 is 4.88. The molecule has 1 rings (SSSR count). The summed E-state index contributed by atoms with van der Waals surface area (Å²) in [5, 5.41) is -0.260. The fourth-order valence-electron chi connectivity index (χ4n) is 1.24. The number of rotatable bonds is 3. The summed E-state index contributed by atoms with van der Waals surface area (Å²) in [4.78, 5) is 12.8. The summed E-state index contributed by atoms with van der Waals surface area (Å²) in [6, 6.07) is 5.53. The summed E-state index contributed by atoms with van der Waals surface area (Å²) < 4.78 is 6.23. The second kappa shape index (κ2) is 5.97. The molecule has 100 valence electrons. The maximum Gasteiger partial charge on any atom is 0.319 e. The average molecular weight is 332 g/mol. The standard InChI is InChI=1S/C13H18BrNO2S/c1-8(12(16)17-13(2,3)4)18-11-6-5-9(15)7-10(11)14/h5-8H,15H2,1-4H3. The van der Waals surface area contributed by atoms with Gasteiger partial charge in [-0.2, -0.15) is 0 Å². The predicted octanol–water partition coefficient (Wildman–Crippen LogP) is 3.85. The molecule has 0 saturated heterocycles. The Hall–Kier alpha value is -0.680. The fraction of sp³-hybridized carbons (Fsp3) is 0.462. The molecule has 0 heterocycles. The van der Waals surface area contributed by atoms with Crippen LogP contribution in [0.5, 0.6) is 0 Å². The molecular formula is C13H18BrNO2S. The van der Waals surface area contributed by atoms with Gasteiger partial charge < -0.3 is 10.5 Å². The van der Waals surface area contributed by atoms with Crippen molar-refractivity contribution in [1.29, 1.82) is 0 Å². The zero-order valence-electron chi connectivity index (χ0n) is 11.0. The molecule has 2 N–H and O–H groups in total. The van der Waals surface area contributed by atoms with E-state index in [4.69, 9.17) is 10.5 Å². The van der Waals surface area contributed by atoms with Crippen LogP contribution in [0, 0.1) is 0 Å². The minimum Gasteiger partial charge on any atom is -0.459 e. The van der Waals surface area contributed by atoms with Gasteiger partial charge in [0, 0.05) is 15.1 Å². The van der Waals surface area contributed by atoms with Crippen molar-refractivity contribution in [3.05, 3.63) is 22.7 Å². The lowest BCUT2D eigenvalue weighted by Crippen LogP contribution is -2.28. The zero-order valence-corrected chi connectivity index (χ0v) is 13.4. The summed E-state index contributed by atoms with van der Waals surface area (Å²) in [6.45, 7) is 7.42. The van der Waals surface area contributed by atoms with Gasteiger partial charge in [-0.25, -0.2) is 0 Å². The van der Waals surface area contributed by atoms with Crippen LogP contribution in [-0.2, 0) is 9.53 Å². The molecule has 0 saturated carbocycles. The van der Waals surface area contributed by atoms with Crippen molar-refractivity contribution in [3.8, 4) is 0 Å². The van der Waals surface area contributed by atoms with E-state index in [0.717, 1.165) is 9.37 Å². The van der Waals surface area contributed by atoms with E-state index in [1.165, 1.54) is 11.8 Å². The monoisotopic (exact) mass is 331 g/mol. The minimum atomic E-state index is -0.454. The lowest BCUT2D eigenvalue weighted by atomic mass is 10.2. The number of hydrogen-bond acceptors (Lipinski definition) is 4. The Morgan fingerprint density at radius 3 is 2.56 bits per heavy atom. The highest BCUT2D eigenvalue weighted by atomic mass is 79.9. The molecule has 0 radical (unpaired) electrons. The summed E-state index contributed by atoms with van der Waals surface area (Å²) in [5.74, 6) is -0.212. The maximum absolute atomic E-state index is 11.9. The van der Waals surface area contributed by atoms with Gasteiger partial charge in [0.25, 0.3) is 0 Å². The van der Waals surface area contributed by atoms with Gasteiger partial charge in [-0.05, 0) is 61.8 Å². The molecule has 1 atom stereocenters. The number of nitrogen functional groups attached to an aromatic ring is 1. The normalized spacial score (nSPS) is 13.2. The number of carbonyl (C=O) groups excluding carboxylic acids is 1. The second-order valence-corrected chi connectivity index (χ2v) is 7.22. The Kier molecular flexibility index (Phi) is 5.10. The first-order valence-electron chi connectivity index (χ1n) is 5.63. The molecular weight excluding hydrogens is 314 g/mol. The van der Waals surface area contributed by atoms with Crippen LogP contribution >= 0.6 is 27.7 Å². The van der Waals surface area contributed by atoms with Gasteiger partial charge in [0.05, 0.1) is 0 Å². The third-order valence-corrected chi connectivity index (χ3v) is 4.07. The van der Waals surface area contributed by atoms with E-state index in [0.29, 0.717) is 5.69 Å². The van der Waals surface area contributed by atoms with Gasteiger partial charge in [-0.15, -0.1) is 11.8 Å². The van der Waals surface area contributed by atoms with Crippen LogP contribution < -0.4 is 5.73 Å². The van der Waals surface area contributed by atoms with Crippen LogP contribution in [-0.4, -0.2) is 16.8 Å². The van der Waals surface area contributed by atoms with E-state index in [9.17, 15) is 4.79 Å². The number of halogens is 1. The smallest absolute Gasteiger partial charge is 0.319 e. The largest absolute Gasteiger partial charge is 0.459 e. The van der Waals surface area contributed by atoms with Gasteiger partial charge in [-0.3, -0.25) is 4.79 Å². The van der Waals surface area contributed by atoms with Crippen molar-refractivity contribution >= 4 is 39.3 Å². The van der Waals surface area contributed by atoms with Crippen molar-refractivity contribution in [2.24, 2.45) is 0 Å². The van der Waals surface area contributed by atoms with Crippen LogP contribution in [0.1, 0.15) is 27.7 Å². The Bertz CT molecular complexity index is 443. The quantitative estimate of drug-likeness (QED) is 0.519. The molecule has 0 fully saturated rings. The van der Waals surface area contributed by atoms with Crippen molar-refractivity contribution in [1.82, 2.24) is 0 Å². The third-order valence-electron chi connectivity index (χ3n) is 2.00. The molecule has 5 heteroatoms. The molecule has 0 amide bonds. The molecule has 18 heavy (non-hydrogen) atoms. The average Bonchev–Trinajstić information content (AvgIpc) is 2.19. The van der Waals surface area contributed by atoms with E-state index in [-0.39, 0.29) is 11.2 Å². The number of nitrogens with two attached hydrogens (primary N) is 1. The molecule has 1 aromatic rings. The molecule has 0 aliphatic carbocycles. The van der Waals surface area contributed by atoms with Gasteiger partial charge in [0.2, 0.25) is 0 Å². The summed E-state index contributed by atoms with van der Waals surface area (Å²) in [7, 11) is 0. The van der Waals surface area contributed by atoms with Crippen molar-refractivity contribution in [2.75, 3.05) is 5.73 Å². The van der Waals surface area contributed by atoms with Gasteiger partial charge >= 0.3 is 5.97 Å². The van der Waals surface area contributed by atoms with Crippen LogP contribution in [0.25, 0.3) is 0 Å². The number of ether oxygens (including phenoxy) is 1. The lowest BCUT2D eigenvalue weighted by molar-refractivity contribution is -0.153. The topological polar surface area (TPSA) is 52.3 Å². The van der Waals surface area contributed by atoms with E-state index in [1.807, 2.05) is 45.9 Å². The molecule has 1 unspecified atom stereocenters. The van der Waals surface area contributed by atoms with E-state index >= 15 is 0 Å². The Morgan fingerprint density at radius 2 is 2.06 bits per heavy atom. The van der Waals surface area contributed by atoms with Crippen molar-refractivity contribution in [2.45, 2.75) is 43.4 Å². The lowest BCUT2D eigenvalue weighted by Gasteiger charge is -2.22. The summed E-state index contributed by atoms with van der Waals surface area (Å²) in [6.07, 6.45) is 0. The van der Waals surface area contributed by atoms with Crippen LogP contribution in [0.3, 0.4) is 0 Å². The SMILES string of the molecule is CC(Sc1ccc(N)cc1Br)C(=O)OC(C)(C)C. The molecule has 0 bridgehead atoms. The number of thioether (sulfide) groups is 1. The van der Waals surface area contributed by atoms with E-state index in [2.05, 4.69) is 15.9 Å². The van der Waals surface area contributed by atoms with Crippen LogP contribution in [0.15, 0.2) is 27.6 Å². The number of esters is 1. The van der Waals surface area contributed by atoms with Crippen LogP contribution in [0.2, 0.25) is 0 Å². The van der Waals surface area contributed by atoms with E-state index in [1.54, 1.807) is 0 Å². The molecule has 0 aromatic heterocycles. The highest BCUT2D eigenvalue weighted by Crippen LogP contribution is 2.32. The highest BCUT2D eigenvalue weighted by Gasteiger charge is 2.23. The van der Waals surface area contributed by atoms with Crippen molar-refractivity contribution in [3.63, 3.8) is 0 Å². The van der Waals surface area contributed by atoms with Gasteiger partial charge in [0.1, 0.15) is 10.9 Å². The summed E-state index contributed by atoms with van der Waals surface area (Å²) in [5.41, 5.74) is 5.91. The first-order chi connectivity index (χ1) is 8.19. The van der Waals surface area contributed by atoms with Crippen molar-refractivity contribution < 1.29 is 9.53 Å². The molecule has 0 aliphatic heterocycles. The molecule has 1 aromatic carbocycles. The second-order valence-electron chi connectivity index (χ2n) is 4.98. The highest BCUT2D eigenvalue weighted by molar-refractivity contribution is 9.10. The molecule has 0 spiro atoms. The fourth-order valence-corrected chi connectivity index (χ4v) is 2.76. The van der Waals surface area contributed by atoms with Gasteiger partial charge in [0.15, 0.2) is 0 Å². The molecule has 3 nitrogen and oxygen atoms in total. The first-order valence-corrected chi connectivity index (χ1v) is 7.31. The Balaban J connectivity index is 2.69. The van der Waals surface area contributed by atoms with Crippen LogP contribution in [0.4, 0.5) is 5.69 Å². The third kappa shape index (κ3) is 4.90. The zero-order chi connectivity index (χ0) is 13.9. The maximum atomic E-state index is 11.9. The Labute approximate surface area is 121 Å². The predicted molar refractivity (Wildman–Crippen MR) is 79.7 cm³/mol. The Morgan fingerprint density at radius 1 is 1.44 bits per heavy atom. The number of carbonyl (C=O) groups is 1. The van der Waals surface area contributed by atoms with E-state index < -0.39 is 5.60 Å². The number of benzene rings is 1. The first kappa shape index (κ1) is 15.4.